The van der Waals surface area contributed by atoms with Crippen LogP contribution in [-0.2, 0) is 0 Å². The number of benzene rings is 1. The smallest absolute Gasteiger partial charge is 0.257 e. The van der Waals surface area contributed by atoms with E-state index in [9.17, 15) is 14.3 Å². The summed E-state index contributed by atoms with van der Waals surface area (Å²) in [7, 11) is 0. The first kappa shape index (κ1) is 16.0. The number of hydrogen-bond acceptors (Lipinski definition) is 2. The highest BCUT2D eigenvalue weighted by molar-refractivity contribution is 5.95. The second-order valence-electron chi connectivity index (χ2n) is 6.07. The predicted octanol–water partition coefficient (Wildman–Crippen LogP) is 3.29. The number of aliphatic hydroxyl groups excluding tert-OH is 1. The van der Waals surface area contributed by atoms with Crippen molar-refractivity contribution in [1.29, 1.82) is 0 Å². The molecule has 2 rings (SSSR count). The molecular weight excluding hydrogens is 269 g/mol. The van der Waals surface area contributed by atoms with Crippen molar-refractivity contribution in [3.8, 4) is 0 Å². The molecule has 1 aromatic rings. The zero-order chi connectivity index (χ0) is 15.4. The molecule has 1 aromatic carbocycles. The van der Waals surface area contributed by atoms with Crippen molar-refractivity contribution in [2.45, 2.75) is 58.1 Å². The largest absolute Gasteiger partial charge is 0.393 e. The van der Waals surface area contributed by atoms with Gasteiger partial charge in [-0.05, 0) is 45.2 Å². The quantitative estimate of drug-likeness (QED) is 0.929. The summed E-state index contributed by atoms with van der Waals surface area (Å²) in [4.78, 5) is 14.5. The van der Waals surface area contributed by atoms with Gasteiger partial charge < -0.3 is 10.0 Å². The van der Waals surface area contributed by atoms with E-state index in [0.717, 1.165) is 31.2 Å². The molecule has 0 aliphatic carbocycles. The molecule has 116 valence electrons. The Kier molecular flexibility index (Phi) is 5.34. The van der Waals surface area contributed by atoms with Gasteiger partial charge in [0, 0.05) is 12.6 Å². The van der Waals surface area contributed by atoms with Crippen LogP contribution in [0.5, 0.6) is 0 Å². The highest BCUT2D eigenvalue weighted by Gasteiger charge is 2.28. The average molecular weight is 293 g/mol. The summed E-state index contributed by atoms with van der Waals surface area (Å²) in [6.07, 6.45) is 4.05. The van der Waals surface area contributed by atoms with Crippen LogP contribution in [0, 0.1) is 12.7 Å². The number of aryl methyl sites for hydroxylation is 1. The second kappa shape index (κ2) is 7.03. The first-order valence-corrected chi connectivity index (χ1v) is 7.74. The highest BCUT2D eigenvalue weighted by atomic mass is 19.1. The van der Waals surface area contributed by atoms with Gasteiger partial charge in [0.15, 0.2) is 0 Å². The van der Waals surface area contributed by atoms with Crippen LogP contribution < -0.4 is 0 Å². The van der Waals surface area contributed by atoms with Gasteiger partial charge in [-0.25, -0.2) is 4.39 Å². The van der Waals surface area contributed by atoms with E-state index in [-0.39, 0.29) is 17.5 Å². The minimum atomic E-state index is -0.467. The Morgan fingerprint density at radius 3 is 2.90 bits per heavy atom. The van der Waals surface area contributed by atoms with Crippen molar-refractivity contribution in [3.63, 3.8) is 0 Å². The van der Waals surface area contributed by atoms with Gasteiger partial charge in [0.05, 0.1) is 11.7 Å². The van der Waals surface area contributed by atoms with Crippen LogP contribution in [0.15, 0.2) is 18.2 Å². The van der Waals surface area contributed by atoms with Gasteiger partial charge in [0.2, 0.25) is 0 Å². The lowest BCUT2D eigenvalue weighted by molar-refractivity contribution is 0.0602. The molecule has 21 heavy (non-hydrogen) atoms. The van der Waals surface area contributed by atoms with E-state index in [0.29, 0.717) is 13.0 Å². The van der Waals surface area contributed by atoms with Crippen molar-refractivity contribution in [3.05, 3.63) is 35.1 Å². The third kappa shape index (κ3) is 4.03. The van der Waals surface area contributed by atoms with Crippen LogP contribution in [0.2, 0.25) is 0 Å². The molecule has 0 bridgehead atoms. The first-order valence-electron chi connectivity index (χ1n) is 7.74. The van der Waals surface area contributed by atoms with Gasteiger partial charge >= 0.3 is 0 Å². The molecule has 1 N–H and O–H groups in total. The molecule has 2 unspecified atom stereocenters. The molecule has 0 aromatic heterocycles. The Morgan fingerprint density at radius 1 is 1.43 bits per heavy atom. The molecule has 0 radical (unpaired) electrons. The van der Waals surface area contributed by atoms with E-state index >= 15 is 0 Å². The van der Waals surface area contributed by atoms with Crippen molar-refractivity contribution in [2.24, 2.45) is 0 Å². The number of amides is 1. The highest BCUT2D eigenvalue weighted by Crippen LogP contribution is 2.24. The zero-order valence-electron chi connectivity index (χ0n) is 12.8. The maximum atomic E-state index is 14.0. The summed E-state index contributed by atoms with van der Waals surface area (Å²) in [5, 5.41) is 9.65. The predicted molar refractivity (Wildman–Crippen MR) is 80.7 cm³/mol. The van der Waals surface area contributed by atoms with Crippen LogP contribution in [0.3, 0.4) is 0 Å². The number of aliphatic hydroxyl groups is 1. The van der Waals surface area contributed by atoms with Gasteiger partial charge in [0.25, 0.3) is 5.91 Å². The Balaban J connectivity index is 2.26. The van der Waals surface area contributed by atoms with Crippen LogP contribution in [0.4, 0.5) is 4.39 Å². The van der Waals surface area contributed by atoms with E-state index in [1.165, 1.54) is 6.07 Å². The summed E-state index contributed by atoms with van der Waals surface area (Å²) in [5.41, 5.74) is 1.02. The number of carbonyl (C=O) groups is 1. The van der Waals surface area contributed by atoms with Crippen molar-refractivity contribution >= 4 is 5.91 Å². The molecule has 1 amide bonds. The zero-order valence-corrected chi connectivity index (χ0v) is 12.8. The lowest BCUT2D eigenvalue weighted by atomic mass is 10.0. The van der Waals surface area contributed by atoms with Crippen LogP contribution in [0.25, 0.3) is 0 Å². The van der Waals surface area contributed by atoms with E-state index in [1.807, 2.05) is 6.92 Å². The fourth-order valence-corrected chi connectivity index (χ4v) is 3.04. The Hall–Kier alpha value is -1.42. The lowest BCUT2D eigenvalue weighted by Crippen LogP contribution is -2.41. The summed E-state index contributed by atoms with van der Waals surface area (Å²) < 4.78 is 14.0. The van der Waals surface area contributed by atoms with Crippen molar-refractivity contribution in [2.75, 3.05) is 6.54 Å². The minimum absolute atomic E-state index is 0.0000813. The third-order valence-electron chi connectivity index (χ3n) is 4.10. The maximum absolute atomic E-state index is 14.0. The van der Waals surface area contributed by atoms with Gasteiger partial charge in [-0.3, -0.25) is 4.79 Å². The number of carbonyl (C=O) groups excluding carboxylic acids is 1. The maximum Gasteiger partial charge on any atom is 0.257 e. The van der Waals surface area contributed by atoms with Gasteiger partial charge in [0.1, 0.15) is 5.82 Å². The van der Waals surface area contributed by atoms with Crippen molar-refractivity contribution < 1.29 is 14.3 Å². The molecule has 1 aliphatic rings. The van der Waals surface area contributed by atoms with Crippen LogP contribution in [-0.4, -0.2) is 34.6 Å². The molecular formula is C17H24FNO2. The molecule has 0 spiro atoms. The summed E-state index contributed by atoms with van der Waals surface area (Å²) >= 11 is 0. The molecule has 1 heterocycles. The van der Waals surface area contributed by atoms with Gasteiger partial charge in [-0.1, -0.05) is 24.5 Å². The molecule has 3 nitrogen and oxygen atoms in total. The monoisotopic (exact) mass is 293 g/mol. The molecule has 1 saturated heterocycles. The summed E-state index contributed by atoms with van der Waals surface area (Å²) in [5.74, 6) is -0.714. The minimum Gasteiger partial charge on any atom is -0.393 e. The van der Waals surface area contributed by atoms with Gasteiger partial charge in [-0.2, -0.15) is 0 Å². The fourth-order valence-electron chi connectivity index (χ4n) is 3.04. The number of likely N-dealkylation sites (tertiary alicyclic amines) is 1. The number of hydrogen-bond donors (Lipinski definition) is 1. The standard InChI is InChI=1S/C17H24FNO2/c1-12-7-8-16(18)15(10-12)17(21)19-9-5-3-4-6-14(19)11-13(2)20/h7-8,10,13-14,20H,3-6,9,11H2,1-2H3. The second-order valence-corrected chi connectivity index (χ2v) is 6.07. The topological polar surface area (TPSA) is 40.5 Å². The number of nitrogens with zero attached hydrogens (tertiary/aromatic N) is 1. The average Bonchev–Trinajstić information content (AvgIpc) is 2.65. The lowest BCUT2D eigenvalue weighted by Gasteiger charge is -2.31. The summed E-state index contributed by atoms with van der Waals surface area (Å²) in [6, 6.07) is 4.63. The SMILES string of the molecule is Cc1ccc(F)c(C(=O)N2CCCCCC2CC(C)O)c1. The van der Waals surface area contributed by atoms with Crippen LogP contribution >= 0.6 is 0 Å². The van der Waals surface area contributed by atoms with E-state index < -0.39 is 11.9 Å². The van der Waals surface area contributed by atoms with Gasteiger partial charge in [-0.15, -0.1) is 0 Å². The summed E-state index contributed by atoms with van der Waals surface area (Å²) in [6.45, 7) is 4.23. The number of halogens is 1. The number of rotatable bonds is 3. The fraction of sp³-hybridized carbons (Fsp3) is 0.588. The molecule has 1 aliphatic heterocycles. The molecule has 2 atom stereocenters. The van der Waals surface area contributed by atoms with Crippen LogP contribution in [0.1, 0.15) is 54.9 Å². The molecule has 1 fully saturated rings. The Labute approximate surface area is 125 Å². The van der Waals surface area contributed by atoms with E-state index in [2.05, 4.69) is 0 Å². The first-order chi connectivity index (χ1) is 9.99. The Morgan fingerprint density at radius 2 is 2.19 bits per heavy atom. The molecule has 0 saturated carbocycles. The van der Waals surface area contributed by atoms with Crippen molar-refractivity contribution in [1.82, 2.24) is 4.90 Å². The Bertz CT molecular complexity index is 502. The normalized spacial score (nSPS) is 21.0. The third-order valence-corrected chi connectivity index (χ3v) is 4.10. The van der Waals surface area contributed by atoms with E-state index in [4.69, 9.17) is 0 Å². The van der Waals surface area contributed by atoms with E-state index in [1.54, 1.807) is 24.0 Å². The molecule has 4 heteroatoms.